The van der Waals surface area contributed by atoms with Crippen molar-refractivity contribution in [1.82, 2.24) is 0 Å². The number of benzene rings is 3. The number of hydrogen-bond acceptors (Lipinski definition) is 1. The van der Waals surface area contributed by atoms with E-state index in [1.165, 1.54) is 43.4 Å². The predicted molar refractivity (Wildman–Crippen MR) is 114 cm³/mol. The molecule has 1 saturated carbocycles. The zero-order valence-electron chi connectivity index (χ0n) is 17.0. The minimum atomic E-state index is -0.242. The fourth-order valence-electron chi connectivity index (χ4n) is 4.63. The molecule has 3 heteroatoms. The highest BCUT2D eigenvalue weighted by Gasteiger charge is 2.22. The van der Waals surface area contributed by atoms with Crippen molar-refractivity contribution in [3.63, 3.8) is 0 Å². The van der Waals surface area contributed by atoms with Crippen LogP contribution in [0, 0.1) is 17.6 Å². The van der Waals surface area contributed by atoms with E-state index in [0.717, 1.165) is 23.1 Å². The summed E-state index contributed by atoms with van der Waals surface area (Å²) in [4.78, 5) is 0. The summed E-state index contributed by atoms with van der Waals surface area (Å²) in [5, 5.41) is 1.67. The van der Waals surface area contributed by atoms with Crippen molar-refractivity contribution < 1.29 is 13.5 Å². The van der Waals surface area contributed by atoms with Gasteiger partial charge in [-0.05, 0) is 84.6 Å². The Balaban J connectivity index is 1.47. The summed E-state index contributed by atoms with van der Waals surface area (Å²) in [6, 6.07) is 16.6. The highest BCUT2D eigenvalue weighted by Crippen LogP contribution is 2.37. The van der Waals surface area contributed by atoms with E-state index in [2.05, 4.69) is 12.1 Å². The molecular weight excluding hydrogens is 366 g/mol. The summed E-state index contributed by atoms with van der Waals surface area (Å²) in [7, 11) is 1.78. The molecular formula is C26H28F2O. The number of aryl methyl sites for hydroxylation is 2. The van der Waals surface area contributed by atoms with Crippen LogP contribution in [-0.2, 0) is 17.6 Å². The second-order valence-electron chi connectivity index (χ2n) is 8.32. The molecule has 152 valence electrons. The molecule has 1 aliphatic carbocycles. The van der Waals surface area contributed by atoms with E-state index >= 15 is 4.39 Å². The van der Waals surface area contributed by atoms with Gasteiger partial charge in [-0.2, -0.15) is 0 Å². The van der Waals surface area contributed by atoms with Gasteiger partial charge in [0.05, 0.1) is 0 Å². The molecule has 0 heterocycles. The molecule has 4 rings (SSSR count). The van der Waals surface area contributed by atoms with Crippen molar-refractivity contribution in [2.24, 2.45) is 5.92 Å². The van der Waals surface area contributed by atoms with E-state index in [4.69, 9.17) is 4.74 Å². The van der Waals surface area contributed by atoms with Crippen LogP contribution in [-0.4, -0.2) is 13.7 Å². The standard InChI is InChI=1S/C26H28F2O/c1-29-17-19-3-7-20(8-4-19)22-12-15-25-23(16-22)11-10-21(26(25)28)9-2-18-5-13-24(27)14-6-18/h5-6,10-16,19-20H,2-4,7-9,17H2,1H3. The molecule has 29 heavy (non-hydrogen) atoms. The largest absolute Gasteiger partial charge is 0.384 e. The van der Waals surface area contributed by atoms with E-state index in [-0.39, 0.29) is 11.6 Å². The molecule has 0 spiro atoms. The monoisotopic (exact) mass is 394 g/mol. The average Bonchev–Trinajstić information content (AvgIpc) is 2.75. The Morgan fingerprint density at radius 3 is 2.34 bits per heavy atom. The Hall–Kier alpha value is -2.26. The van der Waals surface area contributed by atoms with Gasteiger partial charge in [0.2, 0.25) is 0 Å². The maximum atomic E-state index is 15.1. The van der Waals surface area contributed by atoms with Crippen molar-refractivity contribution in [3.8, 4) is 0 Å². The Kier molecular flexibility index (Phi) is 6.25. The van der Waals surface area contributed by atoms with Crippen LogP contribution < -0.4 is 0 Å². The van der Waals surface area contributed by atoms with Crippen molar-refractivity contribution >= 4 is 10.8 Å². The Morgan fingerprint density at radius 1 is 0.862 bits per heavy atom. The van der Waals surface area contributed by atoms with Crippen LogP contribution >= 0.6 is 0 Å². The number of rotatable bonds is 6. The topological polar surface area (TPSA) is 9.23 Å². The van der Waals surface area contributed by atoms with Crippen LogP contribution in [0.25, 0.3) is 10.8 Å². The number of halogens is 2. The highest BCUT2D eigenvalue weighted by molar-refractivity contribution is 5.84. The second kappa shape index (κ2) is 9.04. The van der Waals surface area contributed by atoms with E-state index in [0.29, 0.717) is 30.1 Å². The maximum Gasteiger partial charge on any atom is 0.134 e. The van der Waals surface area contributed by atoms with Crippen LogP contribution in [0.1, 0.15) is 48.3 Å². The van der Waals surface area contributed by atoms with Crippen molar-refractivity contribution in [3.05, 3.63) is 82.9 Å². The fraction of sp³-hybridized carbons (Fsp3) is 0.385. The third kappa shape index (κ3) is 4.67. The summed E-state index contributed by atoms with van der Waals surface area (Å²) >= 11 is 0. The molecule has 0 bridgehead atoms. The first-order valence-corrected chi connectivity index (χ1v) is 10.6. The van der Waals surface area contributed by atoms with Crippen molar-refractivity contribution in [1.29, 1.82) is 0 Å². The van der Waals surface area contributed by atoms with Gasteiger partial charge < -0.3 is 4.74 Å². The summed E-state index contributed by atoms with van der Waals surface area (Å²) in [5.74, 6) is 0.875. The van der Waals surface area contributed by atoms with E-state index in [1.54, 1.807) is 19.2 Å². The number of methoxy groups -OCH3 is 1. The molecule has 0 amide bonds. The zero-order valence-corrected chi connectivity index (χ0v) is 17.0. The lowest BCUT2D eigenvalue weighted by atomic mass is 9.78. The van der Waals surface area contributed by atoms with Gasteiger partial charge in [0, 0.05) is 19.1 Å². The molecule has 0 N–H and O–H groups in total. The lowest BCUT2D eigenvalue weighted by Gasteiger charge is -2.28. The smallest absolute Gasteiger partial charge is 0.134 e. The van der Waals surface area contributed by atoms with Gasteiger partial charge in [0.25, 0.3) is 0 Å². The SMILES string of the molecule is COCC1CCC(c2ccc3c(F)c(CCc4ccc(F)cc4)ccc3c2)CC1. The van der Waals surface area contributed by atoms with Crippen LogP contribution in [0.5, 0.6) is 0 Å². The van der Waals surface area contributed by atoms with Crippen molar-refractivity contribution in [2.75, 3.05) is 13.7 Å². The van der Waals surface area contributed by atoms with Gasteiger partial charge in [0.1, 0.15) is 11.6 Å². The van der Waals surface area contributed by atoms with Gasteiger partial charge >= 0.3 is 0 Å². The molecule has 0 radical (unpaired) electrons. The lowest BCUT2D eigenvalue weighted by Crippen LogP contribution is -2.17. The molecule has 1 aliphatic rings. The molecule has 0 aromatic heterocycles. The minimum Gasteiger partial charge on any atom is -0.384 e. The zero-order chi connectivity index (χ0) is 20.2. The van der Waals surface area contributed by atoms with Crippen LogP contribution in [0.15, 0.2) is 54.6 Å². The third-order valence-electron chi connectivity index (χ3n) is 6.37. The summed E-state index contributed by atoms with van der Waals surface area (Å²) < 4.78 is 33.4. The summed E-state index contributed by atoms with van der Waals surface area (Å²) in [5.41, 5.74) is 3.06. The molecule has 3 aromatic carbocycles. The molecule has 0 saturated heterocycles. The van der Waals surface area contributed by atoms with E-state index in [1.807, 2.05) is 18.2 Å². The highest BCUT2D eigenvalue weighted by atomic mass is 19.1. The summed E-state index contributed by atoms with van der Waals surface area (Å²) in [6.07, 6.45) is 6.07. The quantitative estimate of drug-likeness (QED) is 0.445. The van der Waals surface area contributed by atoms with Gasteiger partial charge in [-0.15, -0.1) is 0 Å². The molecule has 1 nitrogen and oxygen atoms in total. The normalized spacial score (nSPS) is 19.6. The summed E-state index contributed by atoms with van der Waals surface area (Å²) in [6.45, 7) is 0.857. The van der Waals surface area contributed by atoms with Crippen LogP contribution in [0.2, 0.25) is 0 Å². The van der Waals surface area contributed by atoms with E-state index < -0.39 is 0 Å². The molecule has 1 fully saturated rings. The van der Waals surface area contributed by atoms with Gasteiger partial charge in [-0.3, -0.25) is 0 Å². The number of fused-ring (bicyclic) bond motifs is 1. The fourth-order valence-corrected chi connectivity index (χ4v) is 4.63. The average molecular weight is 395 g/mol. The van der Waals surface area contributed by atoms with Gasteiger partial charge in [-0.1, -0.05) is 42.5 Å². The Bertz CT molecular complexity index is 956. The minimum absolute atomic E-state index is 0.125. The second-order valence-corrected chi connectivity index (χ2v) is 8.32. The third-order valence-corrected chi connectivity index (χ3v) is 6.37. The Labute approximate surface area is 171 Å². The number of ether oxygens (including phenoxy) is 1. The molecule has 0 aliphatic heterocycles. The molecule has 0 atom stereocenters. The molecule has 3 aromatic rings. The first-order valence-electron chi connectivity index (χ1n) is 10.6. The van der Waals surface area contributed by atoms with Crippen LogP contribution in [0.4, 0.5) is 8.78 Å². The first kappa shape index (κ1) is 20.0. The maximum absolute atomic E-state index is 15.1. The van der Waals surface area contributed by atoms with Gasteiger partial charge in [0.15, 0.2) is 0 Å². The predicted octanol–water partition coefficient (Wildman–Crippen LogP) is 6.82. The first-order chi connectivity index (χ1) is 14.1. The van der Waals surface area contributed by atoms with Crippen LogP contribution in [0.3, 0.4) is 0 Å². The molecule has 0 unspecified atom stereocenters. The lowest BCUT2D eigenvalue weighted by molar-refractivity contribution is 0.127. The van der Waals surface area contributed by atoms with E-state index in [9.17, 15) is 4.39 Å². The Morgan fingerprint density at radius 2 is 1.62 bits per heavy atom. The van der Waals surface area contributed by atoms with Crippen molar-refractivity contribution in [2.45, 2.75) is 44.4 Å². The van der Waals surface area contributed by atoms with Gasteiger partial charge in [-0.25, -0.2) is 8.78 Å². The number of hydrogen-bond donors (Lipinski definition) is 0.